The summed E-state index contributed by atoms with van der Waals surface area (Å²) in [6.45, 7) is 7.23. The molecule has 0 bridgehead atoms. The van der Waals surface area contributed by atoms with Gasteiger partial charge in [0.1, 0.15) is 0 Å². The number of fused-ring (bicyclic) bond motifs is 1. The van der Waals surface area contributed by atoms with Crippen LogP contribution in [0.2, 0.25) is 0 Å². The molecule has 1 N–H and O–H groups in total. The zero-order valence-corrected chi connectivity index (χ0v) is 13.5. The Balaban J connectivity index is 1.86. The normalized spacial score (nSPS) is 26.6. The van der Waals surface area contributed by atoms with E-state index in [1.165, 1.54) is 48.8 Å². The second-order valence-electron chi connectivity index (χ2n) is 6.67. The van der Waals surface area contributed by atoms with E-state index in [1.54, 1.807) is 0 Å². The fraction of sp³-hybridized carbons (Fsp3) is 0.684. The third-order valence-electron chi connectivity index (χ3n) is 5.45. The number of ether oxygens (including phenoxy) is 1. The maximum atomic E-state index is 5.58. The molecule has 1 aliphatic heterocycles. The van der Waals surface area contributed by atoms with E-state index in [4.69, 9.17) is 4.74 Å². The quantitative estimate of drug-likeness (QED) is 0.855. The minimum atomic E-state index is 0.520. The summed E-state index contributed by atoms with van der Waals surface area (Å²) in [6, 6.07) is 7.54. The summed E-state index contributed by atoms with van der Waals surface area (Å²) in [6.07, 6.45) is 6.93. The average molecular weight is 287 g/mol. The molecule has 3 atom stereocenters. The molecule has 0 spiro atoms. The predicted molar refractivity (Wildman–Crippen MR) is 87.1 cm³/mol. The lowest BCUT2D eigenvalue weighted by atomic mass is 9.72. The Morgan fingerprint density at radius 2 is 1.95 bits per heavy atom. The molecule has 1 saturated carbocycles. The van der Waals surface area contributed by atoms with Crippen molar-refractivity contribution in [1.29, 1.82) is 0 Å². The summed E-state index contributed by atoms with van der Waals surface area (Å²) >= 11 is 0. The van der Waals surface area contributed by atoms with Crippen LogP contribution in [-0.4, -0.2) is 6.54 Å². The third kappa shape index (κ3) is 3.17. The summed E-state index contributed by atoms with van der Waals surface area (Å²) in [5.41, 5.74) is 4.26. The SMILES string of the molecule is CCNC(c1ccc2c(c1)COC2)C1CCCCC1CC. The van der Waals surface area contributed by atoms with Crippen LogP contribution in [0.1, 0.15) is 68.7 Å². The Hall–Kier alpha value is -0.860. The highest BCUT2D eigenvalue weighted by Gasteiger charge is 2.31. The van der Waals surface area contributed by atoms with Gasteiger partial charge in [-0.3, -0.25) is 0 Å². The van der Waals surface area contributed by atoms with Crippen LogP contribution in [0.3, 0.4) is 0 Å². The lowest BCUT2D eigenvalue weighted by Crippen LogP contribution is -2.34. The standard InChI is InChI=1S/C19H29NO/c1-3-14-7-5-6-8-18(14)19(20-4-2)15-9-10-16-12-21-13-17(16)11-15/h9-11,14,18-20H,3-8,12-13H2,1-2H3. The van der Waals surface area contributed by atoms with Gasteiger partial charge < -0.3 is 10.1 Å². The molecular formula is C19H29NO. The Labute approximate surface area is 129 Å². The maximum absolute atomic E-state index is 5.58. The molecule has 1 aromatic carbocycles. The van der Waals surface area contributed by atoms with Crippen molar-refractivity contribution in [3.05, 3.63) is 34.9 Å². The number of nitrogens with one attached hydrogen (secondary N) is 1. The van der Waals surface area contributed by atoms with E-state index in [1.807, 2.05) is 0 Å². The zero-order chi connectivity index (χ0) is 14.7. The van der Waals surface area contributed by atoms with E-state index in [9.17, 15) is 0 Å². The molecule has 0 amide bonds. The third-order valence-corrected chi connectivity index (χ3v) is 5.45. The second kappa shape index (κ2) is 6.93. The Morgan fingerprint density at radius 1 is 1.14 bits per heavy atom. The molecule has 2 aliphatic rings. The van der Waals surface area contributed by atoms with Gasteiger partial charge in [0.25, 0.3) is 0 Å². The van der Waals surface area contributed by atoms with Gasteiger partial charge in [-0.2, -0.15) is 0 Å². The minimum absolute atomic E-state index is 0.520. The lowest BCUT2D eigenvalue weighted by molar-refractivity contribution is 0.134. The summed E-state index contributed by atoms with van der Waals surface area (Å²) < 4.78 is 5.58. The van der Waals surface area contributed by atoms with Gasteiger partial charge in [0.2, 0.25) is 0 Å². The predicted octanol–water partition coefficient (Wildman–Crippen LogP) is 4.58. The first kappa shape index (κ1) is 15.1. The van der Waals surface area contributed by atoms with Gasteiger partial charge in [0.15, 0.2) is 0 Å². The van der Waals surface area contributed by atoms with Crippen molar-refractivity contribution in [3.63, 3.8) is 0 Å². The Morgan fingerprint density at radius 3 is 2.76 bits per heavy atom. The molecule has 2 nitrogen and oxygen atoms in total. The van der Waals surface area contributed by atoms with Crippen LogP contribution in [0.5, 0.6) is 0 Å². The molecule has 1 heterocycles. The highest BCUT2D eigenvalue weighted by atomic mass is 16.5. The van der Waals surface area contributed by atoms with E-state index in [0.29, 0.717) is 6.04 Å². The van der Waals surface area contributed by atoms with Gasteiger partial charge >= 0.3 is 0 Å². The van der Waals surface area contributed by atoms with E-state index in [0.717, 1.165) is 31.6 Å². The van der Waals surface area contributed by atoms with Crippen molar-refractivity contribution in [1.82, 2.24) is 5.32 Å². The Kier molecular flexibility index (Phi) is 4.97. The molecule has 3 rings (SSSR count). The molecule has 1 fully saturated rings. The van der Waals surface area contributed by atoms with Gasteiger partial charge in [-0.25, -0.2) is 0 Å². The Bertz CT molecular complexity index is 471. The van der Waals surface area contributed by atoms with Gasteiger partial charge in [-0.1, -0.05) is 57.7 Å². The lowest BCUT2D eigenvalue weighted by Gasteiger charge is -2.37. The molecule has 116 valence electrons. The van der Waals surface area contributed by atoms with Crippen molar-refractivity contribution < 1.29 is 4.74 Å². The van der Waals surface area contributed by atoms with Crippen LogP contribution in [0, 0.1) is 11.8 Å². The molecule has 0 aromatic heterocycles. The number of hydrogen-bond donors (Lipinski definition) is 1. The maximum Gasteiger partial charge on any atom is 0.0725 e. The number of hydrogen-bond acceptors (Lipinski definition) is 2. The van der Waals surface area contributed by atoms with Crippen molar-refractivity contribution in [2.75, 3.05) is 6.54 Å². The van der Waals surface area contributed by atoms with Crippen molar-refractivity contribution >= 4 is 0 Å². The van der Waals surface area contributed by atoms with E-state index < -0.39 is 0 Å². The van der Waals surface area contributed by atoms with Crippen molar-refractivity contribution in [3.8, 4) is 0 Å². The highest BCUT2D eigenvalue weighted by molar-refractivity contribution is 5.35. The number of benzene rings is 1. The largest absolute Gasteiger partial charge is 0.372 e. The first-order valence-corrected chi connectivity index (χ1v) is 8.76. The summed E-state index contributed by atoms with van der Waals surface area (Å²) in [4.78, 5) is 0. The fourth-order valence-electron chi connectivity index (χ4n) is 4.30. The van der Waals surface area contributed by atoms with E-state index in [-0.39, 0.29) is 0 Å². The van der Waals surface area contributed by atoms with Gasteiger partial charge in [0.05, 0.1) is 13.2 Å². The molecule has 0 saturated heterocycles. The first-order valence-electron chi connectivity index (χ1n) is 8.76. The molecular weight excluding hydrogens is 258 g/mol. The average Bonchev–Trinajstić information content (AvgIpc) is 3.00. The second-order valence-corrected chi connectivity index (χ2v) is 6.67. The number of rotatable bonds is 5. The van der Waals surface area contributed by atoms with Gasteiger partial charge in [-0.05, 0) is 41.5 Å². The first-order chi connectivity index (χ1) is 10.3. The van der Waals surface area contributed by atoms with Gasteiger partial charge in [-0.15, -0.1) is 0 Å². The fourth-order valence-corrected chi connectivity index (χ4v) is 4.30. The van der Waals surface area contributed by atoms with Crippen LogP contribution in [-0.2, 0) is 18.0 Å². The van der Waals surface area contributed by atoms with Crippen molar-refractivity contribution in [2.24, 2.45) is 11.8 Å². The molecule has 1 aliphatic carbocycles. The van der Waals surface area contributed by atoms with E-state index >= 15 is 0 Å². The highest BCUT2D eigenvalue weighted by Crippen LogP contribution is 2.41. The van der Waals surface area contributed by atoms with Crippen LogP contribution in [0.25, 0.3) is 0 Å². The zero-order valence-electron chi connectivity index (χ0n) is 13.5. The summed E-state index contributed by atoms with van der Waals surface area (Å²) in [5, 5.41) is 3.78. The molecule has 3 unspecified atom stereocenters. The smallest absolute Gasteiger partial charge is 0.0725 e. The van der Waals surface area contributed by atoms with E-state index in [2.05, 4.69) is 37.4 Å². The van der Waals surface area contributed by atoms with Gasteiger partial charge in [0, 0.05) is 6.04 Å². The van der Waals surface area contributed by atoms with Crippen LogP contribution in [0.15, 0.2) is 18.2 Å². The monoisotopic (exact) mass is 287 g/mol. The van der Waals surface area contributed by atoms with Crippen LogP contribution in [0.4, 0.5) is 0 Å². The molecule has 1 aromatic rings. The van der Waals surface area contributed by atoms with Crippen molar-refractivity contribution in [2.45, 2.75) is 65.2 Å². The molecule has 21 heavy (non-hydrogen) atoms. The van der Waals surface area contributed by atoms with Crippen LogP contribution < -0.4 is 5.32 Å². The molecule has 0 radical (unpaired) electrons. The topological polar surface area (TPSA) is 21.3 Å². The summed E-state index contributed by atoms with van der Waals surface area (Å²) in [7, 11) is 0. The minimum Gasteiger partial charge on any atom is -0.372 e. The summed E-state index contributed by atoms with van der Waals surface area (Å²) in [5.74, 6) is 1.68. The molecule has 2 heteroatoms. The van der Waals surface area contributed by atoms with Crippen LogP contribution >= 0.6 is 0 Å².